The highest BCUT2D eigenvalue weighted by molar-refractivity contribution is 7.11. The van der Waals surface area contributed by atoms with Crippen molar-refractivity contribution in [2.45, 2.75) is 25.7 Å². The van der Waals surface area contributed by atoms with Gasteiger partial charge in [-0.2, -0.15) is 0 Å². The molecule has 19 heavy (non-hydrogen) atoms. The molecule has 2 aromatic rings. The Balaban J connectivity index is 1.94. The van der Waals surface area contributed by atoms with Crippen molar-refractivity contribution in [3.05, 3.63) is 51.2 Å². The van der Waals surface area contributed by atoms with Crippen molar-refractivity contribution in [2.75, 3.05) is 13.1 Å². The van der Waals surface area contributed by atoms with Crippen LogP contribution >= 0.6 is 11.3 Å². The van der Waals surface area contributed by atoms with Crippen molar-refractivity contribution in [1.82, 2.24) is 10.3 Å². The first-order chi connectivity index (χ1) is 9.11. The molecule has 1 aromatic heterocycles. The summed E-state index contributed by atoms with van der Waals surface area (Å²) < 4.78 is 14.0. The zero-order chi connectivity index (χ0) is 13.5. The van der Waals surface area contributed by atoms with E-state index < -0.39 is 0 Å². The van der Waals surface area contributed by atoms with Gasteiger partial charge >= 0.3 is 0 Å². The van der Waals surface area contributed by atoms with Crippen molar-refractivity contribution in [2.24, 2.45) is 0 Å². The number of hydrogen-bond acceptors (Lipinski definition) is 3. The summed E-state index contributed by atoms with van der Waals surface area (Å²) in [4.78, 5) is 5.86. The Bertz CT molecular complexity index is 582. The normalized spacial score (nSPS) is 17.2. The minimum atomic E-state index is -0.123. The molecule has 0 spiro atoms. The van der Waals surface area contributed by atoms with E-state index in [-0.39, 0.29) is 11.2 Å². The Hall–Kier alpha value is -1.26. The first kappa shape index (κ1) is 12.8. The summed E-state index contributed by atoms with van der Waals surface area (Å²) in [6.45, 7) is 5.77. The van der Waals surface area contributed by atoms with Crippen LogP contribution in [0.3, 0.4) is 0 Å². The fourth-order valence-corrected chi connectivity index (χ4v) is 3.71. The molecule has 1 saturated heterocycles. The molecule has 0 bridgehead atoms. The van der Waals surface area contributed by atoms with Crippen molar-refractivity contribution in [1.29, 1.82) is 0 Å². The zero-order valence-corrected chi connectivity index (χ0v) is 12.0. The molecule has 100 valence electrons. The highest BCUT2D eigenvalue weighted by atomic mass is 32.1. The van der Waals surface area contributed by atoms with Crippen LogP contribution in [-0.2, 0) is 11.8 Å². The maximum absolute atomic E-state index is 14.0. The van der Waals surface area contributed by atoms with Gasteiger partial charge in [0.25, 0.3) is 0 Å². The molecule has 3 rings (SSSR count). The number of nitrogens with zero attached hydrogens (tertiary/aromatic N) is 1. The number of nitrogens with one attached hydrogen (secondary N) is 1. The van der Waals surface area contributed by atoms with Gasteiger partial charge in [-0.15, -0.1) is 11.3 Å². The molecule has 2 heterocycles. The van der Waals surface area contributed by atoms with Crippen LogP contribution in [0, 0.1) is 19.7 Å². The maximum Gasteiger partial charge on any atom is 0.127 e. The second kappa shape index (κ2) is 4.69. The fourth-order valence-electron chi connectivity index (χ4n) is 2.63. The molecule has 4 heteroatoms. The topological polar surface area (TPSA) is 24.9 Å². The maximum atomic E-state index is 14.0. The van der Waals surface area contributed by atoms with Crippen LogP contribution in [0.4, 0.5) is 4.39 Å². The van der Waals surface area contributed by atoms with E-state index in [1.165, 1.54) is 4.88 Å². The summed E-state index contributed by atoms with van der Waals surface area (Å²) in [7, 11) is 0. The van der Waals surface area contributed by atoms with E-state index >= 15 is 0 Å². The third kappa shape index (κ3) is 2.19. The molecule has 0 aliphatic carbocycles. The predicted molar refractivity (Wildman–Crippen MR) is 76.2 cm³/mol. The number of halogens is 1. The second-order valence-corrected chi connectivity index (χ2v) is 6.58. The van der Waals surface area contributed by atoms with Gasteiger partial charge in [-0.3, -0.25) is 0 Å². The summed E-state index contributed by atoms with van der Waals surface area (Å²) in [5.41, 5.74) is 1.79. The van der Waals surface area contributed by atoms with Crippen LogP contribution in [-0.4, -0.2) is 18.1 Å². The minimum Gasteiger partial charge on any atom is -0.315 e. The third-order valence-electron chi connectivity index (χ3n) is 3.93. The van der Waals surface area contributed by atoms with Crippen LogP contribution in [0.5, 0.6) is 0 Å². The lowest BCUT2D eigenvalue weighted by molar-refractivity contribution is 0.265. The van der Waals surface area contributed by atoms with E-state index in [2.05, 4.69) is 17.2 Å². The average Bonchev–Trinajstić information content (AvgIpc) is 2.64. The van der Waals surface area contributed by atoms with Gasteiger partial charge in [0, 0.05) is 29.8 Å². The summed E-state index contributed by atoms with van der Waals surface area (Å²) >= 11 is 1.73. The van der Waals surface area contributed by atoms with Crippen LogP contribution in [0.2, 0.25) is 0 Å². The average molecular weight is 276 g/mol. The lowest BCUT2D eigenvalue weighted by Gasteiger charge is -2.43. The third-order valence-corrected chi connectivity index (χ3v) is 5.01. The van der Waals surface area contributed by atoms with E-state index in [1.807, 2.05) is 19.1 Å². The molecule has 1 fully saturated rings. The van der Waals surface area contributed by atoms with Gasteiger partial charge in [0.05, 0.1) is 10.7 Å². The Morgan fingerprint density at radius 1 is 1.32 bits per heavy atom. The van der Waals surface area contributed by atoms with Crippen LogP contribution in [0.15, 0.2) is 24.3 Å². The van der Waals surface area contributed by atoms with E-state index in [0.29, 0.717) is 0 Å². The van der Waals surface area contributed by atoms with Crippen LogP contribution in [0.25, 0.3) is 0 Å². The molecule has 0 amide bonds. The highest BCUT2D eigenvalue weighted by Crippen LogP contribution is 2.35. The molecular formula is C15H17FN2S. The predicted octanol–water partition coefficient (Wildman–Crippen LogP) is 2.98. The summed E-state index contributed by atoms with van der Waals surface area (Å²) in [5.74, 6) is -0.103. The van der Waals surface area contributed by atoms with Gasteiger partial charge in [-0.25, -0.2) is 9.37 Å². The van der Waals surface area contributed by atoms with Gasteiger partial charge < -0.3 is 5.32 Å². The summed E-state index contributed by atoms with van der Waals surface area (Å²) in [5, 5.41) is 4.39. The molecule has 1 N–H and O–H groups in total. The van der Waals surface area contributed by atoms with E-state index in [4.69, 9.17) is 0 Å². The number of aromatic nitrogens is 1. The zero-order valence-electron chi connectivity index (χ0n) is 11.2. The van der Waals surface area contributed by atoms with Gasteiger partial charge in [0.2, 0.25) is 0 Å². The Kier molecular flexibility index (Phi) is 3.15. The Morgan fingerprint density at radius 3 is 2.58 bits per heavy atom. The van der Waals surface area contributed by atoms with Crippen LogP contribution in [0.1, 0.15) is 21.1 Å². The lowest BCUT2D eigenvalue weighted by Crippen LogP contribution is -2.58. The van der Waals surface area contributed by atoms with E-state index in [0.717, 1.165) is 35.8 Å². The minimum absolute atomic E-state index is 0.103. The van der Waals surface area contributed by atoms with E-state index in [1.54, 1.807) is 23.5 Å². The second-order valence-electron chi connectivity index (χ2n) is 5.29. The number of benzene rings is 1. The molecule has 0 unspecified atom stereocenters. The molecular weight excluding hydrogens is 259 g/mol. The molecule has 1 aromatic carbocycles. The fraction of sp³-hybridized carbons (Fsp3) is 0.400. The molecule has 0 atom stereocenters. The van der Waals surface area contributed by atoms with Crippen molar-refractivity contribution >= 4 is 11.3 Å². The first-order valence-electron chi connectivity index (χ1n) is 6.49. The van der Waals surface area contributed by atoms with Crippen molar-refractivity contribution < 1.29 is 4.39 Å². The molecule has 1 aliphatic heterocycles. The largest absolute Gasteiger partial charge is 0.315 e. The smallest absolute Gasteiger partial charge is 0.127 e. The van der Waals surface area contributed by atoms with Gasteiger partial charge in [0.1, 0.15) is 5.82 Å². The summed E-state index contributed by atoms with van der Waals surface area (Å²) in [6.07, 6.45) is 0.820. The first-order valence-corrected chi connectivity index (χ1v) is 7.31. The molecule has 0 radical (unpaired) electrons. The Labute approximate surface area is 116 Å². The lowest BCUT2D eigenvalue weighted by atomic mass is 9.72. The molecule has 2 nitrogen and oxygen atoms in total. The number of aryl methyl sites for hydroxylation is 2. The highest BCUT2D eigenvalue weighted by Gasteiger charge is 2.41. The SMILES string of the molecule is Cc1nc(CC2(c3ccccc3F)CNC2)sc1C. The number of thiazole rings is 1. The Morgan fingerprint density at radius 2 is 2.05 bits per heavy atom. The number of hydrogen-bond donors (Lipinski definition) is 1. The standard InChI is InChI=1S/C15H17FN2S/c1-10-11(2)19-14(18-10)7-15(8-17-9-15)12-5-3-4-6-13(12)16/h3-6,17H,7-9H2,1-2H3. The number of rotatable bonds is 3. The van der Waals surface area contributed by atoms with Gasteiger partial charge in [-0.05, 0) is 25.5 Å². The summed E-state index contributed by atoms with van der Waals surface area (Å²) in [6, 6.07) is 7.12. The van der Waals surface area contributed by atoms with E-state index in [9.17, 15) is 4.39 Å². The molecule has 0 saturated carbocycles. The van der Waals surface area contributed by atoms with Gasteiger partial charge in [-0.1, -0.05) is 18.2 Å². The quantitative estimate of drug-likeness (QED) is 0.932. The van der Waals surface area contributed by atoms with Crippen molar-refractivity contribution in [3.63, 3.8) is 0 Å². The monoisotopic (exact) mass is 276 g/mol. The van der Waals surface area contributed by atoms with Crippen LogP contribution < -0.4 is 5.32 Å². The molecule has 1 aliphatic rings. The van der Waals surface area contributed by atoms with Crippen molar-refractivity contribution in [3.8, 4) is 0 Å². The van der Waals surface area contributed by atoms with Gasteiger partial charge in [0.15, 0.2) is 0 Å².